The molecule has 3 aromatic carbocycles. The van der Waals surface area contributed by atoms with Crippen LogP contribution in [0.1, 0.15) is 50.2 Å². The lowest BCUT2D eigenvalue weighted by Gasteiger charge is -2.34. The molecule has 0 aromatic heterocycles. The first-order chi connectivity index (χ1) is 19.7. The minimum absolute atomic E-state index is 0.0534. The molecule has 0 aliphatic heterocycles. The summed E-state index contributed by atoms with van der Waals surface area (Å²) in [6.07, 6.45) is 4.92. The molecule has 2 amide bonds. The van der Waals surface area contributed by atoms with E-state index in [1.54, 1.807) is 36.4 Å². The number of amides is 2. The van der Waals surface area contributed by atoms with Crippen LogP contribution >= 0.6 is 11.6 Å². The molecule has 4 rings (SSSR count). The number of para-hydroxylation sites is 1. The van der Waals surface area contributed by atoms with E-state index in [1.807, 2.05) is 44.2 Å². The molecule has 9 heteroatoms. The predicted molar refractivity (Wildman–Crippen MR) is 163 cm³/mol. The molecule has 1 aliphatic carbocycles. The van der Waals surface area contributed by atoms with Gasteiger partial charge in [-0.15, -0.1) is 0 Å². The smallest absolute Gasteiger partial charge is 0.264 e. The number of halogens is 1. The van der Waals surface area contributed by atoms with Crippen molar-refractivity contribution in [2.75, 3.05) is 17.4 Å². The molecule has 0 radical (unpaired) electrons. The average Bonchev–Trinajstić information content (AvgIpc) is 3.48. The van der Waals surface area contributed by atoms with Gasteiger partial charge in [0.1, 0.15) is 12.6 Å². The molecule has 0 saturated heterocycles. The van der Waals surface area contributed by atoms with E-state index >= 15 is 0 Å². The van der Waals surface area contributed by atoms with Crippen molar-refractivity contribution in [1.82, 2.24) is 10.2 Å². The van der Waals surface area contributed by atoms with Crippen molar-refractivity contribution in [1.29, 1.82) is 0 Å². The molecule has 1 aliphatic rings. The summed E-state index contributed by atoms with van der Waals surface area (Å²) in [6.45, 7) is 3.51. The van der Waals surface area contributed by atoms with Gasteiger partial charge >= 0.3 is 0 Å². The van der Waals surface area contributed by atoms with Crippen LogP contribution in [0.4, 0.5) is 5.69 Å². The lowest BCUT2D eigenvalue weighted by Crippen LogP contribution is -2.54. The van der Waals surface area contributed by atoms with Crippen molar-refractivity contribution >= 4 is 39.1 Å². The fourth-order valence-corrected chi connectivity index (χ4v) is 6.99. The van der Waals surface area contributed by atoms with Gasteiger partial charge in [-0.3, -0.25) is 13.9 Å². The Labute approximate surface area is 248 Å². The predicted octanol–water partition coefficient (Wildman–Crippen LogP) is 5.75. The third-order valence-electron chi connectivity index (χ3n) is 7.58. The maximum absolute atomic E-state index is 14.1. The zero-order chi connectivity index (χ0) is 29.4. The molecule has 0 bridgehead atoms. The molecular formula is C32H38ClN3O4S. The number of benzene rings is 3. The number of carbonyl (C=O) groups excluding carboxylic acids is 2. The second-order valence-corrected chi connectivity index (χ2v) is 12.8. The summed E-state index contributed by atoms with van der Waals surface area (Å²) >= 11 is 6.48. The standard InChI is InChI=1S/C32H38ClN3O4S/c1-3-29(32(38)34-26-13-7-8-14-26)35(22-21-25-11-5-4-6-12-25)31(37)23-36(30-16-10-9-15-28(30)33)41(39,40)27-19-17-24(2)18-20-27/h4-6,9-12,15-20,26,29H,3,7-8,13-14,21-23H2,1-2H3,(H,34,38). The Morgan fingerprint density at radius 3 is 2.22 bits per heavy atom. The van der Waals surface area contributed by atoms with Gasteiger partial charge in [0.05, 0.1) is 15.6 Å². The van der Waals surface area contributed by atoms with Crippen molar-refractivity contribution in [2.45, 2.75) is 69.4 Å². The molecule has 1 unspecified atom stereocenters. The van der Waals surface area contributed by atoms with E-state index in [2.05, 4.69) is 5.32 Å². The van der Waals surface area contributed by atoms with Crippen molar-refractivity contribution in [3.63, 3.8) is 0 Å². The van der Waals surface area contributed by atoms with Crippen molar-refractivity contribution < 1.29 is 18.0 Å². The van der Waals surface area contributed by atoms with Gasteiger partial charge in [0.15, 0.2) is 0 Å². The molecule has 1 N–H and O–H groups in total. The van der Waals surface area contributed by atoms with Crippen LogP contribution in [0.15, 0.2) is 83.8 Å². The Balaban J connectivity index is 1.68. The lowest BCUT2D eigenvalue weighted by molar-refractivity contribution is -0.139. The second-order valence-electron chi connectivity index (χ2n) is 10.5. The zero-order valence-corrected chi connectivity index (χ0v) is 25.2. The van der Waals surface area contributed by atoms with E-state index in [0.29, 0.717) is 12.8 Å². The van der Waals surface area contributed by atoms with Crippen LogP contribution in [-0.2, 0) is 26.0 Å². The fraction of sp³-hybridized carbons (Fsp3) is 0.375. The molecule has 7 nitrogen and oxygen atoms in total. The molecule has 1 saturated carbocycles. The van der Waals surface area contributed by atoms with E-state index in [1.165, 1.54) is 17.0 Å². The van der Waals surface area contributed by atoms with Gasteiger partial charge < -0.3 is 10.2 Å². The highest BCUT2D eigenvalue weighted by molar-refractivity contribution is 7.92. The summed E-state index contributed by atoms with van der Waals surface area (Å²) < 4.78 is 29.0. The van der Waals surface area contributed by atoms with E-state index in [-0.39, 0.29) is 34.1 Å². The quantitative estimate of drug-likeness (QED) is 0.289. The van der Waals surface area contributed by atoms with Gasteiger partial charge in [0, 0.05) is 12.6 Å². The summed E-state index contributed by atoms with van der Waals surface area (Å²) in [5.41, 5.74) is 2.14. The van der Waals surface area contributed by atoms with Crippen LogP contribution in [0.2, 0.25) is 5.02 Å². The van der Waals surface area contributed by atoms with Crippen molar-refractivity contribution in [3.05, 3.63) is 95.0 Å². The third-order valence-corrected chi connectivity index (χ3v) is 9.67. The zero-order valence-electron chi connectivity index (χ0n) is 23.6. The van der Waals surface area contributed by atoms with E-state index < -0.39 is 28.5 Å². The second kappa shape index (κ2) is 14.0. The molecule has 1 fully saturated rings. The fourth-order valence-electron chi connectivity index (χ4n) is 5.27. The normalized spacial score (nSPS) is 14.4. The van der Waals surface area contributed by atoms with Gasteiger partial charge in [-0.2, -0.15) is 0 Å². The lowest BCUT2D eigenvalue weighted by atomic mass is 10.1. The van der Waals surface area contributed by atoms with Crippen LogP contribution in [0.5, 0.6) is 0 Å². The summed E-state index contributed by atoms with van der Waals surface area (Å²) in [5, 5.41) is 3.34. The molecular weight excluding hydrogens is 558 g/mol. The minimum atomic E-state index is -4.16. The monoisotopic (exact) mass is 595 g/mol. The maximum Gasteiger partial charge on any atom is 0.264 e. The Morgan fingerprint density at radius 2 is 1.59 bits per heavy atom. The first kappa shape index (κ1) is 30.6. The number of anilines is 1. The van der Waals surface area contributed by atoms with E-state index in [9.17, 15) is 18.0 Å². The number of carbonyl (C=O) groups is 2. The van der Waals surface area contributed by atoms with Crippen molar-refractivity contribution in [2.24, 2.45) is 0 Å². The number of rotatable bonds is 12. The largest absolute Gasteiger partial charge is 0.352 e. The van der Waals surface area contributed by atoms with Gasteiger partial charge in [0.2, 0.25) is 11.8 Å². The van der Waals surface area contributed by atoms with Crippen LogP contribution in [0.3, 0.4) is 0 Å². The number of aryl methyl sites for hydroxylation is 1. The van der Waals surface area contributed by atoms with Crippen molar-refractivity contribution in [3.8, 4) is 0 Å². The highest BCUT2D eigenvalue weighted by Gasteiger charge is 2.34. The number of sulfonamides is 1. The Morgan fingerprint density at radius 1 is 0.951 bits per heavy atom. The average molecular weight is 596 g/mol. The summed E-state index contributed by atoms with van der Waals surface area (Å²) in [6, 6.07) is 22.1. The third kappa shape index (κ3) is 7.68. The highest BCUT2D eigenvalue weighted by Crippen LogP contribution is 2.31. The summed E-state index contributed by atoms with van der Waals surface area (Å²) in [5.74, 6) is -0.670. The minimum Gasteiger partial charge on any atom is -0.352 e. The Hall–Kier alpha value is -3.36. The van der Waals surface area contributed by atoms with Gasteiger partial charge in [-0.1, -0.05) is 91.5 Å². The molecule has 41 heavy (non-hydrogen) atoms. The van der Waals surface area contributed by atoms with Crippen LogP contribution in [0.25, 0.3) is 0 Å². The number of nitrogens with one attached hydrogen (secondary N) is 1. The van der Waals surface area contributed by atoms with E-state index in [0.717, 1.165) is 41.1 Å². The van der Waals surface area contributed by atoms with Gasteiger partial charge in [-0.25, -0.2) is 8.42 Å². The number of hydrogen-bond donors (Lipinski definition) is 1. The van der Waals surface area contributed by atoms with Gasteiger partial charge in [-0.05, 0) is 62.4 Å². The number of hydrogen-bond acceptors (Lipinski definition) is 4. The topological polar surface area (TPSA) is 86.8 Å². The molecule has 0 heterocycles. The first-order valence-corrected chi connectivity index (χ1v) is 16.0. The maximum atomic E-state index is 14.1. The summed E-state index contributed by atoms with van der Waals surface area (Å²) in [7, 11) is -4.16. The molecule has 218 valence electrons. The highest BCUT2D eigenvalue weighted by atomic mass is 35.5. The van der Waals surface area contributed by atoms with Crippen LogP contribution in [-0.4, -0.2) is 50.3 Å². The molecule has 0 spiro atoms. The van der Waals surface area contributed by atoms with Crippen LogP contribution < -0.4 is 9.62 Å². The summed E-state index contributed by atoms with van der Waals surface area (Å²) in [4.78, 5) is 29.2. The van der Waals surface area contributed by atoms with E-state index in [4.69, 9.17) is 11.6 Å². The first-order valence-electron chi connectivity index (χ1n) is 14.2. The Bertz CT molecular complexity index is 1420. The Kier molecular flexibility index (Phi) is 10.5. The molecule has 1 atom stereocenters. The number of nitrogens with zero attached hydrogens (tertiary/aromatic N) is 2. The van der Waals surface area contributed by atoms with Gasteiger partial charge in [0.25, 0.3) is 10.0 Å². The SMILES string of the molecule is CCC(C(=O)NC1CCCC1)N(CCc1ccccc1)C(=O)CN(c1ccccc1Cl)S(=O)(=O)c1ccc(C)cc1. The van der Waals surface area contributed by atoms with Crippen LogP contribution in [0, 0.1) is 6.92 Å². The molecule has 3 aromatic rings.